The number of nitrogens with one attached hydrogen (secondary N) is 6. The number of aromatic hydroxyl groups is 1. The van der Waals surface area contributed by atoms with Crippen molar-refractivity contribution in [2.45, 2.75) is 83.5 Å². The van der Waals surface area contributed by atoms with Gasteiger partial charge in [0.05, 0.1) is 37.3 Å². The number of halogens is 1. The number of primary amides is 1. The number of pyridine rings is 1. The number of phenolic OH excluding ortho intramolecular Hbond substituents is 1. The highest BCUT2D eigenvalue weighted by atomic mass is 35.5. The average molecular weight is 1370 g/mol. The first kappa shape index (κ1) is 73.0. The Morgan fingerprint density at radius 3 is 2.24 bits per heavy atom. The molecule has 0 bridgehead atoms. The fourth-order valence-corrected chi connectivity index (χ4v) is 11.1. The van der Waals surface area contributed by atoms with Crippen LogP contribution in [0.3, 0.4) is 0 Å². The number of aromatic nitrogens is 2. The van der Waals surface area contributed by atoms with E-state index < -0.39 is 89.8 Å². The molecule has 2 aromatic heterocycles. The first-order chi connectivity index (χ1) is 46.9. The molecule has 520 valence electrons. The van der Waals surface area contributed by atoms with E-state index in [-0.39, 0.29) is 114 Å². The molecule has 0 saturated carbocycles. The number of phenols is 1. The Balaban J connectivity index is 0.886. The molecule has 4 atom stereocenters. The minimum absolute atomic E-state index is 0.00248. The standard InChI is InChI=1S/C67H78ClN13O17/c1-38(2)57(77-65(92)96-30-29-95-28-27-80-53(83)21-22-54(80)84)61(87)76-49(12-8-23-71-64(70)91)60(86)73-44-17-13-40(14-18-44)37-97-66(93)78(4)25-26-79(24-6-5-11-48(69)63(89)90)67(94)98-52-33-51-56(55-39(3)9-7-10-47(52)55)43(34-68)36-81(51)62(88)50-32-42-31-45(35-72-58(42)75-50)74-59(85)41-15-19-46(82)20-16-41/h7,9-10,13-22,31-33,35,38,43,48-49,57,82H,5-6,8,11-12,23-30,34,36-37,69H2,1-4H3,(H,72,75)(H,73,86)(H,74,85)(H,76,87)(H,77,92)(H,89,90)(H3,70,71,91)/t43-,48+,49+,57+/m1/s1. The van der Waals surface area contributed by atoms with Crippen molar-refractivity contribution in [1.82, 2.24) is 40.6 Å². The topological polar surface area (TPSA) is 419 Å². The maximum atomic E-state index is 14.7. The van der Waals surface area contributed by atoms with Crippen molar-refractivity contribution >= 4 is 116 Å². The molecule has 0 aliphatic carbocycles. The zero-order chi connectivity index (χ0) is 70.7. The summed E-state index contributed by atoms with van der Waals surface area (Å²) in [6.07, 6.45) is 2.24. The number of anilines is 3. The number of alkyl carbamates (subject to hydrolysis) is 1. The number of carbonyl (C=O) groups is 11. The number of carboxylic acid groups (broad SMARTS) is 1. The number of hydrogen-bond acceptors (Lipinski definition) is 18. The Labute approximate surface area is 567 Å². The van der Waals surface area contributed by atoms with E-state index in [1.54, 1.807) is 67.3 Å². The number of alkyl halides is 1. The van der Waals surface area contributed by atoms with Crippen LogP contribution in [0.2, 0.25) is 0 Å². The van der Waals surface area contributed by atoms with Gasteiger partial charge < -0.3 is 86.9 Å². The number of benzene rings is 4. The zero-order valence-electron chi connectivity index (χ0n) is 54.3. The molecule has 30 nitrogen and oxygen atoms in total. The number of amides is 11. The molecule has 6 aromatic rings. The van der Waals surface area contributed by atoms with Gasteiger partial charge in [-0.1, -0.05) is 44.2 Å². The molecule has 0 unspecified atom stereocenters. The predicted octanol–water partition coefficient (Wildman–Crippen LogP) is 6.18. The van der Waals surface area contributed by atoms with Crippen molar-refractivity contribution < 1.29 is 81.9 Å². The van der Waals surface area contributed by atoms with Crippen molar-refractivity contribution in [3.05, 3.63) is 131 Å². The van der Waals surface area contributed by atoms with Crippen molar-refractivity contribution in [2.24, 2.45) is 17.4 Å². The summed E-state index contributed by atoms with van der Waals surface area (Å²) in [4.78, 5) is 155. The lowest BCUT2D eigenvalue weighted by Gasteiger charge is -2.26. The molecular formula is C67H78ClN13O17. The fraction of sp³-hybridized carbons (Fsp3) is 0.373. The summed E-state index contributed by atoms with van der Waals surface area (Å²) < 4.78 is 22.5. The highest BCUT2D eigenvalue weighted by molar-refractivity contribution is 6.20. The monoisotopic (exact) mass is 1370 g/mol. The minimum atomic E-state index is -1.17. The number of hydrogen-bond donors (Lipinski definition) is 10. The Bertz CT molecular complexity index is 3960. The van der Waals surface area contributed by atoms with E-state index in [0.717, 1.165) is 33.6 Å². The van der Waals surface area contributed by atoms with Gasteiger partial charge in [0.2, 0.25) is 11.8 Å². The predicted molar refractivity (Wildman–Crippen MR) is 359 cm³/mol. The van der Waals surface area contributed by atoms with E-state index in [9.17, 15) is 63.0 Å². The van der Waals surface area contributed by atoms with Crippen LogP contribution in [0.5, 0.6) is 11.5 Å². The van der Waals surface area contributed by atoms with Crippen LogP contribution in [0.1, 0.15) is 89.4 Å². The lowest BCUT2D eigenvalue weighted by Crippen LogP contribution is -2.54. The highest BCUT2D eigenvalue weighted by Crippen LogP contribution is 2.47. The molecule has 0 spiro atoms. The fourth-order valence-electron chi connectivity index (χ4n) is 10.9. The summed E-state index contributed by atoms with van der Waals surface area (Å²) in [7, 11) is 1.47. The molecule has 4 heterocycles. The molecule has 31 heteroatoms. The van der Waals surface area contributed by atoms with Gasteiger partial charge in [-0.05, 0) is 116 Å². The van der Waals surface area contributed by atoms with Gasteiger partial charge in [-0.15, -0.1) is 11.6 Å². The number of ether oxygens (including phenoxy) is 4. The van der Waals surface area contributed by atoms with E-state index in [2.05, 4.69) is 36.6 Å². The molecular weight excluding hydrogens is 1290 g/mol. The lowest BCUT2D eigenvalue weighted by molar-refractivity contribution is -0.139. The minimum Gasteiger partial charge on any atom is -0.508 e. The number of fused-ring (bicyclic) bond motifs is 4. The Morgan fingerprint density at radius 1 is 0.816 bits per heavy atom. The van der Waals surface area contributed by atoms with Gasteiger partial charge in [0.25, 0.3) is 23.6 Å². The van der Waals surface area contributed by atoms with Gasteiger partial charge in [-0.2, -0.15) is 0 Å². The van der Waals surface area contributed by atoms with E-state index in [1.807, 2.05) is 19.1 Å². The molecule has 0 fully saturated rings. The van der Waals surface area contributed by atoms with Crippen LogP contribution >= 0.6 is 11.6 Å². The normalized spacial score (nSPS) is 14.1. The molecule has 12 N–H and O–H groups in total. The van der Waals surface area contributed by atoms with Crippen molar-refractivity contribution in [1.29, 1.82) is 0 Å². The third kappa shape index (κ3) is 19.4. The van der Waals surface area contributed by atoms with Crippen LogP contribution < -0.4 is 47.7 Å². The van der Waals surface area contributed by atoms with Gasteiger partial charge in [-0.25, -0.2) is 24.2 Å². The molecule has 2 aliphatic rings. The molecule has 0 saturated heterocycles. The number of carbonyl (C=O) groups excluding carboxylic acids is 10. The van der Waals surface area contributed by atoms with E-state index in [4.69, 9.17) is 42.0 Å². The number of aliphatic carboxylic acids is 1. The molecule has 11 amide bonds. The number of aromatic amines is 1. The van der Waals surface area contributed by atoms with E-state index in [1.165, 1.54) is 47.3 Å². The number of rotatable bonds is 32. The molecule has 0 radical (unpaired) electrons. The second-order valence-corrected chi connectivity index (χ2v) is 24.0. The quantitative estimate of drug-likeness (QED) is 0.0128. The van der Waals surface area contributed by atoms with Crippen LogP contribution in [-0.2, 0) is 44.8 Å². The average Bonchev–Trinajstić information content (AvgIpc) is 1.53. The summed E-state index contributed by atoms with van der Waals surface area (Å²) in [6, 6.07) is 18.2. The number of aryl methyl sites for hydroxylation is 1. The van der Waals surface area contributed by atoms with Crippen LogP contribution in [0.15, 0.2) is 103 Å². The summed E-state index contributed by atoms with van der Waals surface area (Å²) >= 11 is 6.66. The number of carboxylic acids is 1. The maximum absolute atomic E-state index is 14.7. The van der Waals surface area contributed by atoms with Crippen LogP contribution in [0.25, 0.3) is 21.8 Å². The molecule has 98 heavy (non-hydrogen) atoms. The largest absolute Gasteiger partial charge is 0.508 e. The van der Waals surface area contributed by atoms with Crippen molar-refractivity contribution in [3.8, 4) is 11.5 Å². The molecule has 8 rings (SSSR count). The second kappa shape index (κ2) is 34.2. The number of imide groups is 1. The summed E-state index contributed by atoms with van der Waals surface area (Å²) in [6.45, 7) is 4.94. The Morgan fingerprint density at radius 2 is 1.55 bits per heavy atom. The van der Waals surface area contributed by atoms with Gasteiger partial charge in [0.15, 0.2) is 0 Å². The number of nitrogens with zero attached hydrogens (tertiary/aromatic N) is 5. The first-order valence-corrected chi connectivity index (χ1v) is 32.1. The van der Waals surface area contributed by atoms with Crippen LogP contribution in [-0.4, -0.2) is 191 Å². The lowest BCUT2D eigenvalue weighted by atomic mass is 9.92. The number of likely N-dealkylation sites (N-methyl/N-ethyl adjacent to an activating group) is 1. The maximum Gasteiger partial charge on any atom is 0.415 e. The Kier molecular flexibility index (Phi) is 25.5. The van der Waals surface area contributed by atoms with Crippen molar-refractivity contribution in [2.75, 3.05) is 87.6 Å². The number of urea groups is 1. The van der Waals surface area contributed by atoms with Gasteiger partial charge in [-0.3, -0.25) is 38.5 Å². The van der Waals surface area contributed by atoms with Crippen LogP contribution in [0, 0.1) is 12.8 Å². The zero-order valence-corrected chi connectivity index (χ0v) is 55.1. The first-order valence-electron chi connectivity index (χ1n) is 31.5. The van der Waals surface area contributed by atoms with Gasteiger partial charge in [0, 0.05) is 91.8 Å². The second-order valence-electron chi connectivity index (χ2n) is 23.6. The number of nitrogens with two attached hydrogens (primary N) is 2. The molecule has 4 aromatic carbocycles. The highest BCUT2D eigenvalue weighted by Gasteiger charge is 2.37. The van der Waals surface area contributed by atoms with E-state index in [0.29, 0.717) is 57.5 Å². The summed E-state index contributed by atoms with van der Waals surface area (Å²) in [5, 5.41) is 34.1. The van der Waals surface area contributed by atoms with E-state index >= 15 is 0 Å². The summed E-state index contributed by atoms with van der Waals surface area (Å²) in [5.74, 6) is -4.84. The SMILES string of the molecule is Cc1cccc2c(OC(=O)N(CCCC[C@H](N)C(=O)O)CCN(C)C(=O)OCc3ccc(NC(=O)[C@H](CCCNC(N)=O)NC(=O)[C@@H](NC(=O)OCCOCCN4C(=O)C=CC4=O)C(C)C)cc3)cc3c(c12)[C@H](CCl)CN3C(=O)c1cc2cc(NC(=O)c3ccc(O)cc3)cnc2[nH]1. The van der Waals surface area contributed by atoms with Gasteiger partial charge >= 0.3 is 30.3 Å². The third-order valence-corrected chi connectivity index (χ3v) is 16.6. The smallest absolute Gasteiger partial charge is 0.415 e. The summed E-state index contributed by atoms with van der Waals surface area (Å²) in [5.41, 5.74) is 15.1. The van der Waals surface area contributed by atoms with Crippen molar-refractivity contribution in [3.63, 3.8) is 0 Å². The Hall–Kier alpha value is -10.9. The molecule has 2 aliphatic heterocycles. The van der Waals surface area contributed by atoms with Gasteiger partial charge in [0.1, 0.15) is 54.2 Å². The number of unbranched alkanes of at least 4 members (excludes halogenated alkanes) is 1. The van der Waals surface area contributed by atoms with Crippen LogP contribution in [0.4, 0.5) is 36.2 Å². The number of H-pyrrole nitrogens is 1. The third-order valence-electron chi connectivity index (χ3n) is 16.2.